The summed E-state index contributed by atoms with van der Waals surface area (Å²) in [5, 5.41) is 10.9. The van der Waals surface area contributed by atoms with Gasteiger partial charge in [-0.3, -0.25) is 0 Å². The van der Waals surface area contributed by atoms with Crippen molar-refractivity contribution in [2.75, 3.05) is 6.54 Å². The van der Waals surface area contributed by atoms with E-state index >= 15 is 0 Å². The number of ether oxygens (including phenoxy) is 1. The zero-order valence-corrected chi connectivity index (χ0v) is 9.03. The summed E-state index contributed by atoms with van der Waals surface area (Å²) in [5.74, 6) is -1.06. The Morgan fingerprint density at radius 3 is 2.73 bits per heavy atom. The molecule has 0 aromatic rings. The van der Waals surface area contributed by atoms with Crippen LogP contribution in [0, 0.1) is 0 Å². The number of carbonyl (C=O) groups is 2. The van der Waals surface area contributed by atoms with Crippen LogP contribution < -0.4 is 5.32 Å². The molecule has 1 amide bonds. The third-order valence-electron chi connectivity index (χ3n) is 1.60. The number of alkyl carbamates (subject to hydrolysis) is 1. The highest BCUT2D eigenvalue weighted by Gasteiger charge is 2.05. The first-order valence-electron chi connectivity index (χ1n) is 4.92. The number of unbranched alkanes of at least 4 members (excludes halogenated alkanes) is 1. The van der Waals surface area contributed by atoms with E-state index in [1.54, 1.807) is 6.92 Å². The number of hydrogen-bond acceptors (Lipinski definition) is 3. The minimum Gasteiger partial charge on any atom is -0.478 e. The van der Waals surface area contributed by atoms with E-state index in [4.69, 9.17) is 9.84 Å². The van der Waals surface area contributed by atoms with Crippen LogP contribution in [0.1, 0.15) is 26.7 Å². The van der Waals surface area contributed by atoms with Crippen molar-refractivity contribution in [3.8, 4) is 0 Å². The number of carbonyl (C=O) groups excluding carboxylic acids is 1. The van der Waals surface area contributed by atoms with Crippen molar-refractivity contribution in [3.63, 3.8) is 0 Å². The molecule has 0 radical (unpaired) electrons. The lowest BCUT2D eigenvalue weighted by Crippen LogP contribution is -2.28. The fourth-order valence-corrected chi connectivity index (χ4v) is 0.835. The van der Waals surface area contributed by atoms with E-state index in [0.717, 1.165) is 18.9 Å². The maximum Gasteiger partial charge on any atom is 0.407 e. The first-order chi connectivity index (χ1) is 7.06. The molecule has 0 saturated carbocycles. The van der Waals surface area contributed by atoms with Crippen molar-refractivity contribution < 1.29 is 19.4 Å². The first-order valence-corrected chi connectivity index (χ1v) is 4.92. The van der Waals surface area contributed by atoms with Crippen LogP contribution in [0.15, 0.2) is 12.2 Å². The van der Waals surface area contributed by atoms with E-state index in [2.05, 4.69) is 5.32 Å². The number of carboxylic acid groups (broad SMARTS) is 1. The highest BCUT2D eigenvalue weighted by Crippen LogP contribution is 1.94. The van der Waals surface area contributed by atoms with Gasteiger partial charge in [-0.1, -0.05) is 13.3 Å². The quantitative estimate of drug-likeness (QED) is 0.520. The van der Waals surface area contributed by atoms with Gasteiger partial charge in [0, 0.05) is 12.6 Å². The number of rotatable bonds is 6. The lowest BCUT2D eigenvalue weighted by Gasteiger charge is -2.09. The molecule has 2 N–H and O–H groups in total. The van der Waals surface area contributed by atoms with Gasteiger partial charge in [-0.25, -0.2) is 9.59 Å². The van der Waals surface area contributed by atoms with E-state index in [9.17, 15) is 9.59 Å². The van der Waals surface area contributed by atoms with Crippen LogP contribution in [-0.2, 0) is 9.53 Å². The van der Waals surface area contributed by atoms with Gasteiger partial charge in [0.15, 0.2) is 0 Å². The van der Waals surface area contributed by atoms with Gasteiger partial charge in [-0.15, -0.1) is 0 Å². The van der Waals surface area contributed by atoms with Crippen molar-refractivity contribution in [1.82, 2.24) is 5.32 Å². The van der Waals surface area contributed by atoms with Gasteiger partial charge in [0.1, 0.15) is 6.10 Å². The molecule has 1 atom stereocenters. The molecule has 1 unspecified atom stereocenters. The molecule has 0 aliphatic carbocycles. The van der Waals surface area contributed by atoms with Crippen molar-refractivity contribution in [2.24, 2.45) is 0 Å². The predicted molar refractivity (Wildman–Crippen MR) is 55.6 cm³/mol. The largest absolute Gasteiger partial charge is 0.478 e. The Morgan fingerprint density at radius 1 is 1.53 bits per heavy atom. The van der Waals surface area contributed by atoms with Gasteiger partial charge >= 0.3 is 12.1 Å². The molecule has 86 valence electrons. The second-order valence-electron chi connectivity index (χ2n) is 3.09. The molecule has 0 heterocycles. The molecule has 0 spiro atoms. The summed E-state index contributed by atoms with van der Waals surface area (Å²) in [6.07, 6.45) is 3.09. The second-order valence-corrected chi connectivity index (χ2v) is 3.09. The topological polar surface area (TPSA) is 75.6 Å². The van der Waals surface area contributed by atoms with Gasteiger partial charge in [0.25, 0.3) is 0 Å². The molecular formula is C10H17NO4. The van der Waals surface area contributed by atoms with Crippen LogP contribution >= 0.6 is 0 Å². The zero-order chi connectivity index (χ0) is 11.7. The lowest BCUT2D eigenvalue weighted by atomic mass is 10.3. The lowest BCUT2D eigenvalue weighted by molar-refractivity contribution is -0.131. The number of hydrogen-bond donors (Lipinski definition) is 2. The van der Waals surface area contributed by atoms with Crippen LogP contribution in [0.3, 0.4) is 0 Å². The molecule has 0 aromatic heterocycles. The van der Waals surface area contributed by atoms with Crippen molar-refractivity contribution in [1.29, 1.82) is 0 Å². The molecule has 0 aliphatic rings. The summed E-state index contributed by atoms with van der Waals surface area (Å²) in [6.45, 7) is 4.19. The number of amides is 1. The SMILES string of the molecule is CCCCNC(=O)OC(C)/C=C/C(=O)O. The summed E-state index contributed by atoms with van der Waals surface area (Å²) >= 11 is 0. The second kappa shape index (κ2) is 7.84. The molecule has 5 heteroatoms. The van der Waals surface area contributed by atoms with Crippen LogP contribution in [0.25, 0.3) is 0 Å². The van der Waals surface area contributed by atoms with Crippen LogP contribution in [0.5, 0.6) is 0 Å². The zero-order valence-electron chi connectivity index (χ0n) is 9.03. The summed E-state index contributed by atoms with van der Waals surface area (Å²) < 4.78 is 4.85. The highest BCUT2D eigenvalue weighted by molar-refractivity contribution is 5.79. The van der Waals surface area contributed by atoms with Gasteiger partial charge in [-0.05, 0) is 19.4 Å². The van der Waals surface area contributed by atoms with Gasteiger partial charge < -0.3 is 15.2 Å². The van der Waals surface area contributed by atoms with Gasteiger partial charge in [0.2, 0.25) is 0 Å². The maximum absolute atomic E-state index is 11.1. The van der Waals surface area contributed by atoms with E-state index in [-0.39, 0.29) is 0 Å². The Hall–Kier alpha value is -1.52. The van der Waals surface area contributed by atoms with Gasteiger partial charge in [0.05, 0.1) is 0 Å². The van der Waals surface area contributed by atoms with Crippen molar-refractivity contribution in [2.45, 2.75) is 32.8 Å². The van der Waals surface area contributed by atoms with Crippen molar-refractivity contribution in [3.05, 3.63) is 12.2 Å². The summed E-state index contributed by atoms with van der Waals surface area (Å²) in [5.41, 5.74) is 0. The third-order valence-corrected chi connectivity index (χ3v) is 1.60. The van der Waals surface area contributed by atoms with Crippen LogP contribution in [-0.4, -0.2) is 29.8 Å². The molecule has 0 bridgehead atoms. The van der Waals surface area contributed by atoms with E-state index in [1.165, 1.54) is 6.08 Å². The van der Waals surface area contributed by atoms with E-state index < -0.39 is 18.2 Å². The average molecular weight is 215 g/mol. The molecule has 0 rings (SSSR count). The molecule has 5 nitrogen and oxygen atoms in total. The molecule has 0 fully saturated rings. The minimum absolute atomic E-state index is 0.522. The highest BCUT2D eigenvalue weighted by atomic mass is 16.6. The third kappa shape index (κ3) is 8.80. The Morgan fingerprint density at radius 2 is 2.20 bits per heavy atom. The van der Waals surface area contributed by atoms with Gasteiger partial charge in [-0.2, -0.15) is 0 Å². The number of nitrogens with one attached hydrogen (secondary N) is 1. The molecular weight excluding hydrogens is 198 g/mol. The summed E-state index contributed by atoms with van der Waals surface area (Å²) in [6, 6.07) is 0. The monoisotopic (exact) mass is 215 g/mol. The molecule has 0 saturated heterocycles. The fraction of sp³-hybridized carbons (Fsp3) is 0.600. The van der Waals surface area contributed by atoms with E-state index in [1.807, 2.05) is 6.92 Å². The summed E-state index contributed by atoms with van der Waals surface area (Å²) in [4.78, 5) is 21.2. The average Bonchev–Trinajstić information content (AvgIpc) is 2.15. The minimum atomic E-state index is -1.06. The number of carboxylic acids is 1. The Bertz CT molecular complexity index is 238. The number of aliphatic carboxylic acids is 1. The normalized spacial score (nSPS) is 12.4. The Labute approximate surface area is 89.1 Å². The smallest absolute Gasteiger partial charge is 0.407 e. The van der Waals surface area contributed by atoms with Crippen LogP contribution in [0.4, 0.5) is 4.79 Å². The van der Waals surface area contributed by atoms with Crippen molar-refractivity contribution >= 4 is 12.1 Å². The first kappa shape index (κ1) is 13.5. The Kier molecular flexibility index (Phi) is 7.05. The van der Waals surface area contributed by atoms with E-state index in [0.29, 0.717) is 6.54 Å². The molecule has 0 aromatic carbocycles. The fourth-order valence-electron chi connectivity index (χ4n) is 0.835. The predicted octanol–water partition coefficient (Wildman–Crippen LogP) is 1.54. The van der Waals surface area contributed by atoms with Crippen LogP contribution in [0.2, 0.25) is 0 Å². The standard InChI is InChI=1S/C10H17NO4/c1-3-4-7-11-10(14)15-8(2)5-6-9(12)13/h5-6,8H,3-4,7H2,1-2H3,(H,11,14)(H,12,13)/b6-5+. The molecule has 0 aliphatic heterocycles. The maximum atomic E-state index is 11.1. The Balaban J connectivity index is 3.71. The summed E-state index contributed by atoms with van der Waals surface area (Å²) in [7, 11) is 0. The molecule has 15 heavy (non-hydrogen) atoms.